The second kappa shape index (κ2) is 5.64. The van der Waals surface area contributed by atoms with Crippen LogP contribution < -0.4 is 0 Å². The van der Waals surface area contributed by atoms with Crippen molar-refractivity contribution < 1.29 is 4.79 Å². The van der Waals surface area contributed by atoms with E-state index in [1.165, 1.54) is 0 Å². The van der Waals surface area contributed by atoms with Gasteiger partial charge in [-0.05, 0) is 39.8 Å². The van der Waals surface area contributed by atoms with E-state index in [9.17, 15) is 4.79 Å². The van der Waals surface area contributed by atoms with E-state index in [1.54, 1.807) is 6.20 Å². The number of carbonyl (C=O) groups excluding carboxylic acids is 1. The van der Waals surface area contributed by atoms with E-state index in [-0.39, 0.29) is 18.0 Å². The highest BCUT2D eigenvalue weighted by atomic mass is 16.2. The largest absolute Gasteiger partial charge is 0.338 e. The zero-order chi connectivity index (χ0) is 12.1. The van der Waals surface area contributed by atoms with Crippen LogP contribution in [0.25, 0.3) is 0 Å². The summed E-state index contributed by atoms with van der Waals surface area (Å²) in [4.78, 5) is 18.2. The van der Waals surface area contributed by atoms with E-state index in [2.05, 4.69) is 4.98 Å². The van der Waals surface area contributed by atoms with E-state index < -0.39 is 0 Å². The summed E-state index contributed by atoms with van der Waals surface area (Å²) in [6, 6.07) is 6.12. The Morgan fingerprint density at radius 2 is 1.88 bits per heavy atom. The quantitative estimate of drug-likeness (QED) is 0.780. The molecule has 3 heteroatoms. The lowest BCUT2D eigenvalue weighted by Gasteiger charge is -2.30. The fraction of sp³-hybridized carbons (Fsp3) is 0.538. The highest BCUT2D eigenvalue weighted by molar-refractivity contribution is 5.78. The fourth-order valence-electron chi connectivity index (χ4n) is 1.92. The first-order valence-corrected chi connectivity index (χ1v) is 5.73. The van der Waals surface area contributed by atoms with E-state index in [4.69, 9.17) is 0 Å². The summed E-state index contributed by atoms with van der Waals surface area (Å²) in [5.74, 6) is 0.142. The first kappa shape index (κ1) is 12.7. The number of nitrogens with zero attached hydrogens (tertiary/aromatic N) is 2. The van der Waals surface area contributed by atoms with Gasteiger partial charge in [-0.25, -0.2) is 0 Å². The van der Waals surface area contributed by atoms with Crippen LogP contribution in [-0.4, -0.2) is 27.9 Å². The van der Waals surface area contributed by atoms with Gasteiger partial charge in [-0.15, -0.1) is 0 Å². The molecule has 1 aromatic rings. The van der Waals surface area contributed by atoms with Crippen LogP contribution in [0.2, 0.25) is 0 Å². The van der Waals surface area contributed by atoms with Crippen molar-refractivity contribution in [1.82, 2.24) is 9.88 Å². The third kappa shape index (κ3) is 3.33. The fourth-order valence-corrected chi connectivity index (χ4v) is 1.92. The van der Waals surface area contributed by atoms with Gasteiger partial charge in [-0.1, -0.05) is 6.07 Å². The molecule has 1 amide bonds. The number of amides is 1. The number of rotatable bonds is 4. The van der Waals surface area contributed by atoms with Gasteiger partial charge in [0.15, 0.2) is 0 Å². The molecule has 3 nitrogen and oxygen atoms in total. The maximum absolute atomic E-state index is 12.1. The average Bonchev–Trinajstić information content (AvgIpc) is 2.17. The lowest BCUT2D eigenvalue weighted by Crippen LogP contribution is -2.42. The van der Waals surface area contributed by atoms with Gasteiger partial charge in [0.05, 0.1) is 6.42 Å². The summed E-state index contributed by atoms with van der Waals surface area (Å²) in [6.07, 6.45) is 2.11. The molecule has 0 saturated heterocycles. The van der Waals surface area contributed by atoms with Gasteiger partial charge in [0, 0.05) is 24.0 Å². The molecule has 0 N–H and O–H groups in total. The Bertz CT molecular complexity index is 325. The van der Waals surface area contributed by atoms with Gasteiger partial charge in [0.25, 0.3) is 0 Å². The summed E-state index contributed by atoms with van der Waals surface area (Å²) in [5.41, 5.74) is 0.832. The average molecular weight is 220 g/mol. The number of aromatic nitrogens is 1. The predicted molar refractivity (Wildman–Crippen MR) is 65.1 cm³/mol. The van der Waals surface area contributed by atoms with Gasteiger partial charge in [0.1, 0.15) is 0 Å². The molecule has 0 atom stereocenters. The third-order valence-electron chi connectivity index (χ3n) is 2.46. The molecule has 0 unspecified atom stereocenters. The van der Waals surface area contributed by atoms with Gasteiger partial charge >= 0.3 is 0 Å². The van der Waals surface area contributed by atoms with E-state index in [1.807, 2.05) is 50.8 Å². The summed E-state index contributed by atoms with van der Waals surface area (Å²) in [5, 5.41) is 0. The second-order valence-electron chi connectivity index (χ2n) is 4.49. The van der Waals surface area contributed by atoms with E-state index in [0.717, 1.165) is 5.69 Å². The molecule has 1 heterocycles. The van der Waals surface area contributed by atoms with Crippen molar-refractivity contribution in [3.05, 3.63) is 30.1 Å². The van der Waals surface area contributed by atoms with Crippen LogP contribution >= 0.6 is 0 Å². The molecule has 0 spiro atoms. The Morgan fingerprint density at radius 3 is 2.31 bits per heavy atom. The van der Waals surface area contributed by atoms with Crippen molar-refractivity contribution >= 4 is 5.91 Å². The Labute approximate surface area is 97.5 Å². The molecule has 0 aliphatic carbocycles. The van der Waals surface area contributed by atoms with Crippen molar-refractivity contribution in [3.63, 3.8) is 0 Å². The Hall–Kier alpha value is -1.38. The molecular formula is C13H20N2O. The molecular weight excluding hydrogens is 200 g/mol. The third-order valence-corrected chi connectivity index (χ3v) is 2.46. The Balaban J connectivity index is 2.70. The van der Waals surface area contributed by atoms with Gasteiger partial charge in [-0.3, -0.25) is 9.78 Å². The van der Waals surface area contributed by atoms with Gasteiger partial charge in [0.2, 0.25) is 5.91 Å². The standard InChI is InChI=1S/C13H20N2O/c1-10(2)15(11(3)4)13(16)9-12-7-5-6-8-14-12/h5-8,10-11H,9H2,1-4H3. The lowest BCUT2D eigenvalue weighted by molar-refractivity contribution is -0.134. The van der Waals surface area contributed by atoms with Gasteiger partial charge in [-0.2, -0.15) is 0 Å². The van der Waals surface area contributed by atoms with Crippen LogP contribution in [0, 0.1) is 0 Å². The first-order valence-electron chi connectivity index (χ1n) is 5.73. The summed E-state index contributed by atoms with van der Waals surface area (Å²) in [7, 11) is 0. The zero-order valence-corrected chi connectivity index (χ0v) is 10.5. The van der Waals surface area contributed by atoms with Crippen LogP contribution in [0.15, 0.2) is 24.4 Å². The minimum absolute atomic E-state index is 0.142. The SMILES string of the molecule is CC(C)N(C(=O)Cc1ccccn1)C(C)C. The topological polar surface area (TPSA) is 33.2 Å². The van der Waals surface area contributed by atoms with Crippen molar-refractivity contribution in [3.8, 4) is 0 Å². The first-order chi connectivity index (χ1) is 7.52. The minimum atomic E-state index is 0.142. The zero-order valence-electron chi connectivity index (χ0n) is 10.5. The molecule has 1 aromatic heterocycles. The molecule has 0 saturated carbocycles. The van der Waals surface area contributed by atoms with Crippen molar-refractivity contribution in [2.75, 3.05) is 0 Å². The van der Waals surface area contributed by atoms with Crippen molar-refractivity contribution in [1.29, 1.82) is 0 Å². The minimum Gasteiger partial charge on any atom is -0.338 e. The summed E-state index contributed by atoms with van der Waals surface area (Å²) >= 11 is 0. The number of pyridine rings is 1. The maximum atomic E-state index is 12.1. The highest BCUT2D eigenvalue weighted by Crippen LogP contribution is 2.08. The molecule has 0 aromatic carbocycles. The second-order valence-corrected chi connectivity index (χ2v) is 4.49. The van der Waals surface area contributed by atoms with E-state index in [0.29, 0.717) is 6.42 Å². The van der Waals surface area contributed by atoms with E-state index >= 15 is 0 Å². The Morgan fingerprint density at radius 1 is 1.25 bits per heavy atom. The maximum Gasteiger partial charge on any atom is 0.229 e. The molecule has 0 aliphatic heterocycles. The number of hydrogen-bond acceptors (Lipinski definition) is 2. The molecule has 0 fully saturated rings. The van der Waals surface area contributed by atoms with Crippen molar-refractivity contribution in [2.24, 2.45) is 0 Å². The number of hydrogen-bond donors (Lipinski definition) is 0. The highest BCUT2D eigenvalue weighted by Gasteiger charge is 2.20. The Kier molecular flexibility index (Phi) is 4.47. The van der Waals surface area contributed by atoms with Crippen LogP contribution in [0.4, 0.5) is 0 Å². The van der Waals surface area contributed by atoms with Crippen LogP contribution in [-0.2, 0) is 11.2 Å². The van der Waals surface area contributed by atoms with Crippen LogP contribution in [0.3, 0.4) is 0 Å². The summed E-state index contributed by atoms with van der Waals surface area (Å²) in [6.45, 7) is 8.15. The molecule has 0 radical (unpaired) electrons. The predicted octanol–water partition coefficient (Wildman–Crippen LogP) is 2.27. The monoisotopic (exact) mass is 220 g/mol. The molecule has 16 heavy (non-hydrogen) atoms. The molecule has 0 aliphatic rings. The van der Waals surface area contributed by atoms with Crippen LogP contribution in [0.5, 0.6) is 0 Å². The number of carbonyl (C=O) groups is 1. The van der Waals surface area contributed by atoms with Gasteiger partial charge < -0.3 is 4.90 Å². The normalized spacial score (nSPS) is 10.9. The lowest BCUT2D eigenvalue weighted by atomic mass is 10.2. The summed E-state index contributed by atoms with van der Waals surface area (Å²) < 4.78 is 0. The van der Waals surface area contributed by atoms with Crippen LogP contribution in [0.1, 0.15) is 33.4 Å². The molecule has 1 rings (SSSR count). The van der Waals surface area contributed by atoms with Crippen molar-refractivity contribution in [2.45, 2.75) is 46.2 Å². The molecule has 0 bridgehead atoms. The molecule has 88 valence electrons. The smallest absolute Gasteiger partial charge is 0.229 e.